The molecule has 0 aromatic carbocycles. The molecule has 1 radical (unpaired) electrons. The van der Waals surface area contributed by atoms with Gasteiger partial charge in [0.05, 0.1) is 12.9 Å². The van der Waals surface area contributed by atoms with E-state index in [2.05, 4.69) is 26.4 Å². The van der Waals surface area contributed by atoms with Crippen LogP contribution in [0, 0.1) is 0 Å². The van der Waals surface area contributed by atoms with Crippen molar-refractivity contribution in [2.75, 3.05) is 19.8 Å². The van der Waals surface area contributed by atoms with Crippen molar-refractivity contribution in [1.82, 2.24) is 10.2 Å². The van der Waals surface area contributed by atoms with Gasteiger partial charge in [0.25, 0.3) is 0 Å². The second-order valence-corrected chi connectivity index (χ2v) is 2.32. The average molecular weight is 137 g/mol. The second kappa shape index (κ2) is 2.48. The largest absolute Gasteiger partial charge is 0.278 e. The van der Waals surface area contributed by atoms with Crippen LogP contribution in [-0.2, 0) is 0 Å². The lowest BCUT2D eigenvalue weighted by Gasteiger charge is -2.18. The average Bonchev–Trinajstić information content (AvgIpc) is 2.59. The Morgan fingerprint density at radius 3 is 3.30 bits per heavy atom. The van der Waals surface area contributed by atoms with E-state index in [0.29, 0.717) is 0 Å². The Bertz CT molecular complexity index is 167. The Morgan fingerprint density at radius 1 is 1.70 bits per heavy atom. The first-order valence-corrected chi connectivity index (χ1v) is 3.35. The minimum Gasteiger partial charge on any atom is -0.278 e. The van der Waals surface area contributed by atoms with E-state index in [9.17, 15) is 0 Å². The van der Waals surface area contributed by atoms with E-state index in [0.717, 1.165) is 19.8 Å². The summed E-state index contributed by atoms with van der Waals surface area (Å²) in [6, 6.07) is 0. The Hall–Kier alpha value is -0.740. The van der Waals surface area contributed by atoms with Crippen molar-refractivity contribution in [2.45, 2.75) is 6.29 Å². The van der Waals surface area contributed by atoms with Gasteiger partial charge in [0.1, 0.15) is 0 Å². The number of rotatable bonds is 1. The van der Waals surface area contributed by atoms with Crippen LogP contribution in [0.5, 0.6) is 0 Å². The molecule has 0 aromatic heterocycles. The molecule has 0 amide bonds. The zero-order valence-electron chi connectivity index (χ0n) is 5.62. The normalized spacial score (nSPS) is 32.2. The molecule has 1 atom stereocenters. The van der Waals surface area contributed by atoms with Crippen molar-refractivity contribution in [2.24, 2.45) is 9.98 Å². The fraction of sp³-hybridized carbons (Fsp3) is 0.667. The Labute approximate surface area is 59.7 Å². The molecule has 4 nitrogen and oxygen atoms in total. The highest BCUT2D eigenvalue weighted by Crippen LogP contribution is 2.03. The molecule has 0 saturated heterocycles. The highest BCUT2D eigenvalue weighted by Gasteiger charge is 2.19. The van der Waals surface area contributed by atoms with Crippen LogP contribution >= 0.6 is 0 Å². The first kappa shape index (κ1) is 6.00. The van der Waals surface area contributed by atoms with Crippen molar-refractivity contribution >= 4 is 12.4 Å². The van der Waals surface area contributed by atoms with Gasteiger partial charge in [0.2, 0.25) is 0 Å². The fourth-order valence-corrected chi connectivity index (χ4v) is 1.08. The molecule has 2 rings (SSSR count). The number of hydrogen-bond acceptors (Lipinski definition) is 4. The van der Waals surface area contributed by atoms with Crippen LogP contribution in [0.4, 0.5) is 0 Å². The predicted molar refractivity (Wildman–Crippen MR) is 39.3 cm³/mol. The topological polar surface area (TPSA) is 40.0 Å². The third kappa shape index (κ3) is 0.955. The van der Waals surface area contributed by atoms with Gasteiger partial charge in [-0.05, 0) is 0 Å². The van der Waals surface area contributed by atoms with E-state index in [1.807, 2.05) is 6.21 Å². The van der Waals surface area contributed by atoms with E-state index in [-0.39, 0.29) is 6.29 Å². The fourth-order valence-electron chi connectivity index (χ4n) is 1.08. The van der Waals surface area contributed by atoms with Crippen molar-refractivity contribution in [3.63, 3.8) is 0 Å². The minimum absolute atomic E-state index is 0.152. The quantitative estimate of drug-likeness (QED) is 0.512. The van der Waals surface area contributed by atoms with E-state index in [1.54, 1.807) is 0 Å². The number of nitrogens with one attached hydrogen (secondary N) is 1. The molecule has 2 aliphatic rings. The van der Waals surface area contributed by atoms with Gasteiger partial charge in [0, 0.05) is 19.3 Å². The van der Waals surface area contributed by atoms with E-state index in [1.165, 1.54) is 0 Å². The van der Waals surface area contributed by atoms with E-state index < -0.39 is 0 Å². The summed E-state index contributed by atoms with van der Waals surface area (Å²) in [5, 5.41) is 3.20. The van der Waals surface area contributed by atoms with E-state index >= 15 is 0 Å². The standard InChI is InChI=1S/C6H9N4/c1-2-9-6(8-1)10-4-3-7-5-10/h1,6,9H,2,4-5H2. The summed E-state index contributed by atoms with van der Waals surface area (Å²) < 4.78 is 0. The van der Waals surface area contributed by atoms with Crippen LogP contribution in [0.3, 0.4) is 0 Å². The lowest BCUT2D eigenvalue weighted by molar-refractivity contribution is 0.231. The van der Waals surface area contributed by atoms with Gasteiger partial charge in [-0.2, -0.15) is 0 Å². The third-order valence-corrected chi connectivity index (χ3v) is 1.62. The highest BCUT2D eigenvalue weighted by molar-refractivity contribution is 5.63. The van der Waals surface area contributed by atoms with Crippen molar-refractivity contribution in [3.05, 3.63) is 0 Å². The summed E-state index contributed by atoms with van der Waals surface area (Å²) in [4.78, 5) is 10.3. The molecule has 0 aromatic rings. The summed E-state index contributed by atoms with van der Waals surface area (Å²) in [6.45, 7) is 2.41. The maximum Gasteiger partial charge on any atom is 0.157 e. The molecule has 0 spiro atoms. The predicted octanol–water partition coefficient (Wildman–Crippen LogP) is -0.835. The van der Waals surface area contributed by atoms with Crippen LogP contribution in [0.1, 0.15) is 0 Å². The number of aliphatic imine (C=N–C) groups is 2. The van der Waals surface area contributed by atoms with Crippen LogP contribution in [-0.4, -0.2) is 43.4 Å². The molecule has 2 aliphatic heterocycles. The highest BCUT2D eigenvalue weighted by atomic mass is 15.4. The summed E-state index contributed by atoms with van der Waals surface area (Å²) >= 11 is 0. The maximum absolute atomic E-state index is 4.21. The third-order valence-electron chi connectivity index (χ3n) is 1.62. The van der Waals surface area contributed by atoms with Gasteiger partial charge in [-0.3, -0.25) is 15.3 Å². The van der Waals surface area contributed by atoms with Gasteiger partial charge in [-0.15, -0.1) is 0 Å². The van der Waals surface area contributed by atoms with Crippen LogP contribution < -0.4 is 5.32 Å². The van der Waals surface area contributed by atoms with Crippen molar-refractivity contribution in [3.8, 4) is 0 Å². The Kier molecular flexibility index (Phi) is 1.49. The molecule has 1 N–H and O–H groups in total. The molecule has 0 bridgehead atoms. The summed E-state index contributed by atoms with van der Waals surface area (Å²) in [6.07, 6.45) is 4.93. The molecule has 2 heterocycles. The molecular weight excluding hydrogens is 128 g/mol. The maximum atomic E-state index is 4.21. The summed E-state index contributed by atoms with van der Waals surface area (Å²) in [7, 11) is 0. The molecular formula is C6H9N4. The van der Waals surface area contributed by atoms with Gasteiger partial charge in [0.15, 0.2) is 6.29 Å². The van der Waals surface area contributed by atoms with Crippen LogP contribution in [0.15, 0.2) is 9.98 Å². The molecule has 4 heteroatoms. The SMILES string of the molecule is [C]1=NCN(C2N=CCN2)C1. The summed E-state index contributed by atoms with van der Waals surface area (Å²) in [5.41, 5.74) is 0. The summed E-state index contributed by atoms with van der Waals surface area (Å²) in [5.74, 6) is 0. The lowest BCUT2D eigenvalue weighted by Crippen LogP contribution is -2.40. The van der Waals surface area contributed by atoms with Gasteiger partial charge < -0.3 is 0 Å². The van der Waals surface area contributed by atoms with Gasteiger partial charge >= 0.3 is 0 Å². The molecule has 0 aliphatic carbocycles. The van der Waals surface area contributed by atoms with Gasteiger partial charge in [-0.1, -0.05) is 0 Å². The first-order valence-electron chi connectivity index (χ1n) is 3.35. The van der Waals surface area contributed by atoms with Crippen molar-refractivity contribution in [1.29, 1.82) is 0 Å². The lowest BCUT2D eigenvalue weighted by atomic mass is 10.6. The molecule has 10 heavy (non-hydrogen) atoms. The molecule has 53 valence electrons. The second-order valence-electron chi connectivity index (χ2n) is 2.32. The zero-order chi connectivity index (χ0) is 6.81. The van der Waals surface area contributed by atoms with Crippen LogP contribution in [0.25, 0.3) is 0 Å². The Balaban J connectivity index is 1.93. The molecule has 1 unspecified atom stereocenters. The van der Waals surface area contributed by atoms with Gasteiger partial charge in [-0.25, -0.2) is 4.90 Å². The smallest absolute Gasteiger partial charge is 0.157 e. The molecule has 0 fully saturated rings. The first-order chi connectivity index (χ1) is 4.97. The van der Waals surface area contributed by atoms with Crippen molar-refractivity contribution < 1.29 is 0 Å². The number of hydrogen-bond donors (Lipinski definition) is 1. The zero-order valence-corrected chi connectivity index (χ0v) is 5.62. The Morgan fingerprint density at radius 2 is 2.70 bits per heavy atom. The monoisotopic (exact) mass is 137 g/mol. The van der Waals surface area contributed by atoms with E-state index in [4.69, 9.17) is 0 Å². The minimum atomic E-state index is 0.152. The molecule has 0 saturated carbocycles. The van der Waals surface area contributed by atoms with Crippen LogP contribution in [0.2, 0.25) is 0 Å². The number of nitrogens with zero attached hydrogens (tertiary/aromatic N) is 3.